The van der Waals surface area contributed by atoms with Gasteiger partial charge in [0.25, 0.3) is 0 Å². The van der Waals surface area contributed by atoms with E-state index in [2.05, 4.69) is 6.58 Å². The summed E-state index contributed by atoms with van der Waals surface area (Å²) in [6, 6.07) is 29.7. The third kappa shape index (κ3) is 7.76. The fraction of sp³-hybridized carbons (Fsp3) is 0.323. The van der Waals surface area contributed by atoms with E-state index in [9.17, 15) is 4.79 Å². The van der Waals surface area contributed by atoms with Gasteiger partial charge in [0.05, 0.1) is 26.4 Å². The monoisotopic (exact) mass is 502 g/mol. The second kappa shape index (κ2) is 13.7. The van der Waals surface area contributed by atoms with Crippen molar-refractivity contribution in [3.63, 3.8) is 0 Å². The van der Waals surface area contributed by atoms with Crippen LogP contribution in [0.5, 0.6) is 0 Å². The van der Waals surface area contributed by atoms with Crippen molar-refractivity contribution in [2.75, 3.05) is 6.61 Å². The van der Waals surface area contributed by atoms with Crippen LogP contribution in [-0.2, 0) is 48.3 Å². The van der Waals surface area contributed by atoms with Gasteiger partial charge in [-0.25, -0.2) is 0 Å². The van der Waals surface area contributed by atoms with Crippen LogP contribution in [0.15, 0.2) is 103 Å². The molecule has 4 atom stereocenters. The molecular formula is C31H34O6. The van der Waals surface area contributed by atoms with Crippen LogP contribution >= 0.6 is 0 Å². The van der Waals surface area contributed by atoms with E-state index in [1.54, 1.807) is 6.92 Å². The molecule has 0 aromatic heterocycles. The Kier molecular flexibility index (Phi) is 9.89. The predicted octanol–water partition coefficient (Wildman–Crippen LogP) is 5.61. The van der Waals surface area contributed by atoms with E-state index < -0.39 is 24.4 Å². The summed E-state index contributed by atoms with van der Waals surface area (Å²) >= 11 is 0. The lowest BCUT2D eigenvalue weighted by Gasteiger charge is -2.42. The Labute approximate surface area is 218 Å². The van der Waals surface area contributed by atoms with Crippen molar-refractivity contribution in [1.82, 2.24) is 0 Å². The van der Waals surface area contributed by atoms with Crippen molar-refractivity contribution in [3.05, 3.63) is 120 Å². The zero-order valence-corrected chi connectivity index (χ0v) is 21.2. The van der Waals surface area contributed by atoms with Crippen LogP contribution in [0.25, 0.3) is 0 Å². The summed E-state index contributed by atoms with van der Waals surface area (Å²) in [6.07, 6.45) is -2.28. The van der Waals surface area contributed by atoms with Crippen molar-refractivity contribution >= 4 is 5.97 Å². The van der Waals surface area contributed by atoms with Crippen LogP contribution in [0, 0.1) is 0 Å². The first kappa shape index (κ1) is 26.6. The average molecular weight is 503 g/mol. The van der Waals surface area contributed by atoms with Crippen LogP contribution in [0.4, 0.5) is 0 Å². The molecule has 6 nitrogen and oxygen atoms in total. The molecule has 3 aromatic rings. The smallest absolute Gasteiger partial charge is 0.306 e. The fourth-order valence-electron chi connectivity index (χ4n) is 4.17. The number of carbonyl (C=O) groups is 1. The molecule has 0 spiro atoms. The van der Waals surface area contributed by atoms with Gasteiger partial charge in [-0.15, -0.1) is 0 Å². The molecule has 0 N–H and O–H groups in total. The molecule has 3 aromatic carbocycles. The Morgan fingerprint density at radius 1 is 0.757 bits per heavy atom. The number of hydrogen-bond acceptors (Lipinski definition) is 6. The van der Waals surface area contributed by atoms with Crippen LogP contribution in [0.3, 0.4) is 0 Å². The number of carbonyl (C=O) groups excluding carboxylic acids is 1. The summed E-state index contributed by atoms with van der Waals surface area (Å²) in [5, 5.41) is 0. The molecule has 1 aliphatic heterocycles. The van der Waals surface area contributed by atoms with Gasteiger partial charge in [-0.05, 0) is 16.7 Å². The molecule has 1 heterocycles. The highest BCUT2D eigenvalue weighted by Crippen LogP contribution is 2.31. The lowest BCUT2D eigenvalue weighted by atomic mass is 9.97. The highest BCUT2D eigenvalue weighted by Gasteiger charge is 2.47. The van der Waals surface area contributed by atoms with Gasteiger partial charge in [0.15, 0.2) is 12.2 Å². The van der Waals surface area contributed by atoms with Crippen LogP contribution in [0.2, 0.25) is 0 Å². The second-order valence-electron chi connectivity index (χ2n) is 8.91. The van der Waals surface area contributed by atoms with Gasteiger partial charge >= 0.3 is 5.97 Å². The van der Waals surface area contributed by atoms with Gasteiger partial charge in [-0.3, -0.25) is 4.79 Å². The Morgan fingerprint density at radius 3 is 1.76 bits per heavy atom. The topological polar surface area (TPSA) is 63.2 Å². The van der Waals surface area contributed by atoms with E-state index in [1.807, 2.05) is 91.0 Å². The fourth-order valence-corrected chi connectivity index (χ4v) is 4.17. The molecule has 0 saturated carbocycles. The first-order valence-electron chi connectivity index (χ1n) is 12.6. The van der Waals surface area contributed by atoms with Gasteiger partial charge < -0.3 is 23.7 Å². The largest absolute Gasteiger partial charge is 0.486 e. The SMILES string of the molecule is C=C1O[C@H](COCc2ccccc2)[C@H](OCc2ccccc2)[C@H](OCc2ccccc2)[C@H]1OC(=O)CC. The first-order valence-corrected chi connectivity index (χ1v) is 12.6. The van der Waals surface area contributed by atoms with Crippen molar-refractivity contribution in [3.8, 4) is 0 Å². The molecule has 0 aliphatic carbocycles. The maximum absolute atomic E-state index is 12.3. The second-order valence-corrected chi connectivity index (χ2v) is 8.91. The van der Waals surface area contributed by atoms with E-state index in [0.717, 1.165) is 16.7 Å². The number of ether oxygens (including phenoxy) is 5. The van der Waals surface area contributed by atoms with Crippen LogP contribution in [-0.4, -0.2) is 37.0 Å². The molecule has 1 saturated heterocycles. The Hall–Kier alpha value is -3.45. The minimum Gasteiger partial charge on any atom is -0.486 e. The number of esters is 1. The van der Waals surface area contributed by atoms with Gasteiger partial charge in [-0.1, -0.05) is 104 Å². The van der Waals surface area contributed by atoms with E-state index >= 15 is 0 Å². The van der Waals surface area contributed by atoms with Gasteiger partial charge in [0.1, 0.15) is 18.0 Å². The van der Waals surface area contributed by atoms with Crippen LogP contribution < -0.4 is 0 Å². The van der Waals surface area contributed by atoms with E-state index in [4.69, 9.17) is 23.7 Å². The number of rotatable bonds is 12. The molecule has 0 amide bonds. The summed E-state index contributed by atoms with van der Waals surface area (Å²) in [6.45, 7) is 7.17. The Morgan fingerprint density at radius 2 is 1.24 bits per heavy atom. The van der Waals surface area contributed by atoms with Crippen LogP contribution in [0.1, 0.15) is 30.0 Å². The maximum atomic E-state index is 12.3. The molecule has 0 bridgehead atoms. The predicted molar refractivity (Wildman–Crippen MR) is 140 cm³/mol. The third-order valence-corrected chi connectivity index (χ3v) is 6.12. The zero-order valence-electron chi connectivity index (χ0n) is 21.2. The van der Waals surface area contributed by atoms with Gasteiger partial charge in [0.2, 0.25) is 0 Å². The maximum Gasteiger partial charge on any atom is 0.306 e. The average Bonchev–Trinajstić information content (AvgIpc) is 2.94. The Bertz CT molecular complexity index is 1100. The van der Waals surface area contributed by atoms with Crippen molar-refractivity contribution in [2.24, 2.45) is 0 Å². The van der Waals surface area contributed by atoms with Crippen molar-refractivity contribution < 1.29 is 28.5 Å². The first-order chi connectivity index (χ1) is 18.1. The lowest BCUT2D eigenvalue weighted by Crippen LogP contribution is -2.56. The lowest BCUT2D eigenvalue weighted by molar-refractivity contribution is -0.221. The van der Waals surface area contributed by atoms with Crippen molar-refractivity contribution in [2.45, 2.75) is 57.6 Å². The van der Waals surface area contributed by atoms with Gasteiger partial charge in [-0.2, -0.15) is 0 Å². The van der Waals surface area contributed by atoms with Gasteiger partial charge in [0, 0.05) is 6.42 Å². The molecule has 4 rings (SSSR count). The summed E-state index contributed by atoms with van der Waals surface area (Å²) in [7, 11) is 0. The molecule has 6 heteroatoms. The minimum absolute atomic E-state index is 0.230. The summed E-state index contributed by atoms with van der Waals surface area (Å²) in [4.78, 5) is 12.3. The standard InChI is InChI=1S/C31H34O6/c1-3-28(32)37-29-23(2)36-27(22-33-19-24-13-7-4-8-14-24)30(34-20-25-15-9-5-10-16-25)31(29)35-21-26-17-11-6-12-18-26/h4-18,27,29-31H,2-3,19-22H2,1H3/t27-,29+,30+,31-/m1/s1. The van der Waals surface area contributed by atoms with E-state index in [-0.39, 0.29) is 19.0 Å². The number of benzene rings is 3. The third-order valence-electron chi connectivity index (χ3n) is 6.12. The molecule has 0 unspecified atom stereocenters. The quantitative estimate of drug-likeness (QED) is 0.300. The van der Waals surface area contributed by atoms with E-state index in [0.29, 0.717) is 25.6 Å². The van der Waals surface area contributed by atoms with E-state index in [1.165, 1.54) is 0 Å². The summed E-state index contributed by atoms with van der Waals surface area (Å²) in [5.41, 5.74) is 3.07. The molecule has 0 radical (unpaired) electrons. The number of hydrogen-bond donors (Lipinski definition) is 0. The summed E-state index contributed by atoms with van der Waals surface area (Å²) < 4.78 is 30.8. The summed E-state index contributed by atoms with van der Waals surface area (Å²) in [5.74, 6) is -0.0311. The normalized spacial score (nSPS) is 21.3. The molecule has 1 fully saturated rings. The highest BCUT2D eigenvalue weighted by molar-refractivity contribution is 5.69. The molecular weight excluding hydrogens is 468 g/mol. The molecule has 194 valence electrons. The highest BCUT2D eigenvalue weighted by atomic mass is 16.6. The Balaban J connectivity index is 1.55. The molecule has 37 heavy (non-hydrogen) atoms. The minimum atomic E-state index is -0.803. The van der Waals surface area contributed by atoms with Crippen molar-refractivity contribution in [1.29, 1.82) is 0 Å². The zero-order chi connectivity index (χ0) is 25.9. The molecule has 1 aliphatic rings.